The SMILES string of the molecule is c1ccc2c(c1)O[P+]1(O2)Oc2ccccc2O1. The maximum absolute atomic E-state index is 5.68. The van der Waals surface area contributed by atoms with Gasteiger partial charge in [0.2, 0.25) is 23.0 Å². The Hall–Kier alpha value is -1.93. The van der Waals surface area contributed by atoms with Gasteiger partial charge in [-0.25, -0.2) is 18.1 Å². The molecule has 0 atom stereocenters. The zero-order chi connectivity index (χ0) is 11.3. The number of para-hydroxylation sites is 4. The fraction of sp³-hybridized carbons (Fsp3) is 0. The van der Waals surface area contributed by atoms with Gasteiger partial charge in [0.1, 0.15) is 0 Å². The summed E-state index contributed by atoms with van der Waals surface area (Å²) in [7, 11) is -2.76. The highest BCUT2D eigenvalue weighted by Gasteiger charge is 2.66. The molecule has 0 aliphatic carbocycles. The topological polar surface area (TPSA) is 36.9 Å². The number of hydrogen-bond donors (Lipinski definition) is 0. The van der Waals surface area contributed by atoms with E-state index in [0.29, 0.717) is 23.0 Å². The van der Waals surface area contributed by atoms with Gasteiger partial charge in [-0.15, -0.1) is 0 Å². The second-order valence-electron chi connectivity index (χ2n) is 3.71. The Morgan fingerprint density at radius 2 is 0.824 bits per heavy atom. The molecule has 0 radical (unpaired) electrons. The smallest absolute Gasteiger partial charge is 0.237 e. The van der Waals surface area contributed by atoms with E-state index in [1.807, 2.05) is 48.5 Å². The van der Waals surface area contributed by atoms with Gasteiger partial charge in [0.25, 0.3) is 0 Å². The quantitative estimate of drug-likeness (QED) is 0.666. The number of benzene rings is 2. The molecule has 4 nitrogen and oxygen atoms in total. The second kappa shape index (κ2) is 3.05. The lowest BCUT2D eigenvalue weighted by molar-refractivity contribution is 0.333. The van der Waals surface area contributed by atoms with Crippen LogP contribution in [0.4, 0.5) is 0 Å². The maximum Gasteiger partial charge on any atom is 0.767 e. The molecule has 2 aliphatic heterocycles. The molecule has 5 heteroatoms. The summed E-state index contributed by atoms with van der Waals surface area (Å²) in [5.74, 6) is 2.64. The highest BCUT2D eigenvalue weighted by Crippen LogP contribution is 2.72. The van der Waals surface area contributed by atoms with Crippen LogP contribution in [0.2, 0.25) is 0 Å². The minimum Gasteiger partial charge on any atom is -0.237 e. The lowest BCUT2D eigenvalue weighted by atomic mass is 10.3. The van der Waals surface area contributed by atoms with Crippen molar-refractivity contribution in [2.45, 2.75) is 0 Å². The van der Waals surface area contributed by atoms with Crippen LogP contribution < -0.4 is 18.1 Å². The lowest BCUT2D eigenvalue weighted by Gasteiger charge is -2.03. The maximum atomic E-state index is 5.68. The average Bonchev–Trinajstić information content (AvgIpc) is 2.87. The monoisotopic (exact) mass is 247 g/mol. The Balaban J connectivity index is 1.72. The third kappa shape index (κ3) is 1.28. The van der Waals surface area contributed by atoms with Crippen molar-refractivity contribution < 1.29 is 18.1 Å². The van der Waals surface area contributed by atoms with Crippen LogP contribution in [0.1, 0.15) is 0 Å². The summed E-state index contributed by atoms with van der Waals surface area (Å²) < 4.78 is 22.7. The molecule has 4 rings (SSSR count). The summed E-state index contributed by atoms with van der Waals surface area (Å²) >= 11 is 0. The summed E-state index contributed by atoms with van der Waals surface area (Å²) in [5, 5.41) is 0. The molecule has 2 aromatic rings. The molecule has 0 saturated carbocycles. The van der Waals surface area contributed by atoms with Gasteiger partial charge in [0, 0.05) is 0 Å². The van der Waals surface area contributed by atoms with E-state index in [9.17, 15) is 0 Å². The first-order valence-electron chi connectivity index (χ1n) is 5.20. The first kappa shape index (κ1) is 9.14. The minimum atomic E-state index is -2.76. The van der Waals surface area contributed by atoms with Crippen molar-refractivity contribution in [1.29, 1.82) is 0 Å². The summed E-state index contributed by atoms with van der Waals surface area (Å²) in [4.78, 5) is 0. The Morgan fingerprint density at radius 3 is 1.12 bits per heavy atom. The summed E-state index contributed by atoms with van der Waals surface area (Å²) in [6, 6.07) is 14.9. The highest BCUT2D eigenvalue weighted by molar-refractivity contribution is 7.58. The Labute approximate surface area is 98.4 Å². The normalized spacial score (nSPS) is 17.4. The largest absolute Gasteiger partial charge is 0.767 e. The molecule has 84 valence electrons. The summed E-state index contributed by atoms with van der Waals surface area (Å²) in [6.45, 7) is 0. The lowest BCUT2D eigenvalue weighted by Crippen LogP contribution is -2.09. The van der Waals surface area contributed by atoms with E-state index in [0.717, 1.165) is 0 Å². The molecule has 0 bridgehead atoms. The molecule has 2 aromatic carbocycles. The first-order chi connectivity index (χ1) is 8.35. The summed E-state index contributed by atoms with van der Waals surface area (Å²) in [6.07, 6.45) is 0. The summed E-state index contributed by atoms with van der Waals surface area (Å²) in [5.41, 5.74) is 0. The zero-order valence-electron chi connectivity index (χ0n) is 8.70. The van der Waals surface area contributed by atoms with Gasteiger partial charge in [-0.2, -0.15) is 0 Å². The first-order valence-corrected chi connectivity index (χ1v) is 6.66. The van der Waals surface area contributed by atoms with Gasteiger partial charge in [0.05, 0.1) is 0 Å². The second-order valence-corrected chi connectivity index (χ2v) is 5.33. The van der Waals surface area contributed by atoms with E-state index in [2.05, 4.69) is 0 Å². The molecule has 0 aromatic heterocycles. The van der Waals surface area contributed by atoms with Crippen molar-refractivity contribution in [1.82, 2.24) is 0 Å². The van der Waals surface area contributed by atoms with Crippen molar-refractivity contribution in [2.75, 3.05) is 0 Å². The van der Waals surface area contributed by atoms with E-state index in [-0.39, 0.29) is 0 Å². The van der Waals surface area contributed by atoms with Gasteiger partial charge in [0.15, 0.2) is 0 Å². The fourth-order valence-electron chi connectivity index (χ4n) is 1.80. The van der Waals surface area contributed by atoms with E-state index in [1.54, 1.807) is 0 Å². The molecule has 17 heavy (non-hydrogen) atoms. The van der Waals surface area contributed by atoms with Crippen LogP contribution in [0.15, 0.2) is 48.5 Å². The third-order valence-electron chi connectivity index (χ3n) is 2.54. The van der Waals surface area contributed by atoms with E-state index >= 15 is 0 Å². The van der Waals surface area contributed by atoms with Crippen LogP contribution in [0, 0.1) is 0 Å². The molecule has 0 N–H and O–H groups in total. The Bertz CT molecular complexity index is 492. The van der Waals surface area contributed by atoms with Crippen molar-refractivity contribution in [3.8, 4) is 23.0 Å². The molecule has 0 amide bonds. The molecule has 0 saturated heterocycles. The number of rotatable bonds is 0. The standard InChI is InChI=1S/C12H8O4P/c1-2-6-10-9(5-1)13-17(14-10)15-11-7-3-4-8-12(11)16-17/h1-8H/q+1. The van der Waals surface area contributed by atoms with Crippen molar-refractivity contribution in [3.05, 3.63) is 48.5 Å². The van der Waals surface area contributed by atoms with Gasteiger partial charge >= 0.3 is 8.17 Å². The van der Waals surface area contributed by atoms with Crippen molar-refractivity contribution >= 4 is 8.17 Å². The molecule has 2 aliphatic rings. The van der Waals surface area contributed by atoms with Crippen LogP contribution >= 0.6 is 8.17 Å². The van der Waals surface area contributed by atoms with Crippen LogP contribution in [0.5, 0.6) is 23.0 Å². The van der Waals surface area contributed by atoms with Gasteiger partial charge in [-0.05, 0) is 24.3 Å². The van der Waals surface area contributed by atoms with Gasteiger partial charge in [-0.3, -0.25) is 0 Å². The molecule has 1 spiro atoms. The van der Waals surface area contributed by atoms with E-state index < -0.39 is 8.17 Å². The highest BCUT2D eigenvalue weighted by atomic mass is 31.2. The van der Waals surface area contributed by atoms with Crippen LogP contribution in [0.25, 0.3) is 0 Å². The Kier molecular flexibility index (Phi) is 1.64. The minimum absolute atomic E-state index is 0.661. The van der Waals surface area contributed by atoms with Crippen LogP contribution in [-0.4, -0.2) is 0 Å². The van der Waals surface area contributed by atoms with E-state index in [1.165, 1.54) is 0 Å². The molecule has 0 fully saturated rings. The average molecular weight is 247 g/mol. The number of fused-ring (bicyclic) bond motifs is 2. The molecular formula is C12H8O4P+. The third-order valence-corrected chi connectivity index (χ3v) is 4.22. The van der Waals surface area contributed by atoms with Crippen molar-refractivity contribution in [2.24, 2.45) is 0 Å². The van der Waals surface area contributed by atoms with E-state index in [4.69, 9.17) is 18.1 Å². The van der Waals surface area contributed by atoms with Gasteiger partial charge < -0.3 is 0 Å². The Morgan fingerprint density at radius 1 is 0.529 bits per heavy atom. The van der Waals surface area contributed by atoms with Crippen LogP contribution in [-0.2, 0) is 0 Å². The predicted octanol–water partition coefficient (Wildman–Crippen LogP) is 3.61. The molecule has 0 unspecified atom stereocenters. The van der Waals surface area contributed by atoms with Gasteiger partial charge in [-0.1, -0.05) is 24.3 Å². The van der Waals surface area contributed by atoms with Crippen LogP contribution in [0.3, 0.4) is 0 Å². The van der Waals surface area contributed by atoms with Crippen molar-refractivity contribution in [3.63, 3.8) is 0 Å². The number of hydrogen-bond acceptors (Lipinski definition) is 4. The molecule has 2 heterocycles. The molecular weight excluding hydrogens is 239 g/mol. The zero-order valence-corrected chi connectivity index (χ0v) is 9.59. The fourth-order valence-corrected chi connectivity index (χ4v) is 3.59. The predicted molar refractivity (Wildman–Crippen MR) is 62.3 cm³/mol.